The number of hydrogen-bond acceptors (Lipinski definition) is 4. The minimum absolute atomic E-state index is 0.192. The number of rotatable bonds is 11. The van der Waals surface area contributed by atoms with Crippen molar-refractivity contribution in [1.29, 1.82) is 0 Å². The number of carbonyl (C=O) groups is 1. The summed E-state index contributed by atoms with van der Waals surface area (Å²) in [5.74, 6) is 2.54. The van der Waals surface area contributed by atoms with Gasteiger partial charge in [-0.05, 0) is 135 Å². The average molecular weight is 689 g/mol. The number of allylic oxidation sites excluding steroid dienone is 2. The summed E-state index contributed by atoms with van der Waals surface area (Å²) in [4.78, 5) is 11.6. The highest BCUT2D eigenvalue weighted by Crippen LogP contribution is 2.68. The van der Waals surface area contributed by atoms with Gasteiger partial charge in [0.15, 0.2) is 16.6 Å². The van der Waals surface area contributed by atoms with Gasteiger partial charge in [-0.3, -0.25) is 0 Å². The second-order valence-corrected chi connectivity index (χ2v) is 29.5. The van der Waals surface area contributed by atoms with Crippen molar-refractivity contribution in [2.24, 2.45) is 39.9 Å². The summed E-state index contributed by atoms with van der Waals surface area (Å²) in [6.45, 7) is 31.8. The van der Waals surface area contributed by atoms with Gasteiger partial charge in [0, 0.05) is 18.1 Å². The topological polar surface area (TPSA) is 65.0 Å². The van der Waals surface area contributed by atoms with E-state index in [0.717, 1.165) is 38.2 Å². The molecule has 3 saturated carbocycles. The molecule has 5 nitrogen and oxygen atoms in total. The first-order chi connectivity index (χ1) is 21.5. The lowest BCUT2D eigenvalue weighted by molar-refractivity contribution is -0.0719. The van der Waals surface area contributed by atoms with Crippen LogP contribution in [0.15, 0.2) is 23.8 Å². The summed E-state index contributed by atoms with van der Waals surface area (Å²) in [5, 5.41) is 10.00. The molecule has 0 spiro atoms. The zero-order chi connectivity index (χ0) is 35.3. The molecule has 3 fully saturated rings. The van der Waals surface area contributed by atoms with Crippen LogP contribution in [0.4, 0.5) is 4.79 Å². The molecule has 47 heavy (non-hydrogen) atoms. The predicted molar refractivity (Wildman–Crippen MR) is 201 cm³/mol. The fraction of sp³-hybridized carbons (Fsp3) is 0.875. The van der Waals surface area contributed by atoms with Crippen LogP contribution in [0.1, 0.15) is 127 Å². The fourth-order valence-corrected chi connectivity index (χ4v) is 12.5. The van der Waals surface area contributed by atoms with Gasteiger partial charge in [-0.25, -0.2) is 4.79 Å². The third-order valence-electron chi connectivity index (χ3n) is 14.9. The molecule has 4 unspecified atom stereocenters. The molecule has 0 radical (unpaired) electrons. The van der Waals surface area contributed by atoms with Crippen LogP contribution in [-0.2, 0) is 13.6 Å². The molecule has 0 heterocycles. The van der Waals surface area contributed by atoms with E-state index in [1.165, 1.54) is 38.5 Å². The van der Waals surface area contributed by atoms with Crippen molar-refractivity contribution in [3.8, 4) is 0 Å². The van der Waals surface area contributed by atoms with E-state index in [0.29, 0.717) is 23.9 Å². The Bertz CT molecular complexity index is 1180. The lowest BCUT2D eigenvalue weighted by Gasteiger charge is -2.59. The lowest BCUT2D eigenvalue weighted by Crippen LogP contribution is -2.53. The van der Waals surface area contributed by atoms with E-state index in [1.807, 2.05) is 0 Å². The molecular formula is C40H72O5Si2. The van der Waals surface area contributed by atoms with Crippen molar-refractivity contribution in [2.45, 2.75) is 169 Å². The Labute approximate surface area is 291 Å². The van der Waals surface area contributed by atoms with Crippen LogP contribution in [0.5, 0.6) is 0 Å². The van der Waals surface area contributed by atoms with Crippen molar-refractivity contribution in [3.05, 3.63) is 23.8 Å². The maximum atomic E-state index is 11.6. The number of carboxylic acid groups (broad SMARTS) is 1. The zero-order valence-electron chi connectivity index (χ0n) is 32.7. The summed E-state index contributed by atoms with van der Waals surface area (Å²) in [5.41, 5.74) is 1.86. The van der Waals surface area contributed by atoms with Gasteiger partial charge in [0.1, 0.15) is 6.61 Å². The molecule has 4 aliphatic rings. The van der Waals surface area contributed by atoms with Crippen LogP contribution in [0.2, 0.25) is 36.3 Å². The number of ether oxygens (including phenoxy) is 1. The van der Waals surface area contributed by atoms with Gasteiger partial charge in [0.05, 0.1) is 0 Å². The van der Waals surface area contributed by atoms with E-state index in [4.69, 9.17) is 13.6 Å². The fourth-order valence-electron chi connectivity index (χ4n) is 9.98. The smallest absolute Gasteiger partial charge is 0.450 e. The third kappa shape index (κ3) is 7.88. The zero-order valence-corrected chi connectivity index (χ0v) is 34.7. The lowest BCUT2D eigenvalue weighted by atomic mass is 9.46. The second kappa shape index (κ2) is 13.7. The van der Waals surface area contributed by atoms with Crippen LogP contribution >= 0.6 is 0 Å². The maximum absolute atomic E-state index is 11.6. The highest BCUT2D eigenvalue weighted by molar-refractivity contribution is 6.74. The van der Waals surface area contributed by atoms with Gasteiger partial charge in [0.2, 0.25) is 0 Å². The maximum Gasteiger partial charge on any atom is 0.505 e. The largest absolute Gasteiger partial charge is 0.505 e. The predicted octanol–water partition coefficient (Wildman–Crippen LogP) is 12.0. The Morgan fingerprint density at radius 2 is 1.60 bits per heavy atom. The minimum atomic E-state index is -1.79. The van der Waals surface area contributed by atoms with Crippen molar-refractivity contribution >= 4 is 22.8 Å². The molecule has 4 rings (SSSR count). The molecule has 0 bridgehead atoms. The van der Waals surface area contributed by atoms with E-state index in [2.05, 4.69) is 107 Å². The molecule has 0 aliphatic heterocycles. The summed E-state index contributed by atoms with van der Waals surface area (Å²) >= 11 is 0. The molecule has 1 N–H and O–H groups in total. The molecule has 8 atom stereocenters. The number of fused-ring (bicyclic) bond motifs is 5. The van der Waals surface area contributed by atoms with Crippen LogP contribution in [-0.4, -0.2) is 47.2 Å². The first-order valence-corrected chi connectivity index (χ1v) is 24.8. The van der Waals surface area contributed by atoms with Crippen molar-refractivity contribution < 1.29 is 23.5 Å². The summed E-state index contributed by atoms with van der Waals surface area (Å²) in [7, 11) is -3.54. The van der Waals surface area contributed by atoms with Crippen LogP contribution in [0.3, 0.4) is 0 Å². The highest BCUT2D eigenvalue weighted by atomic mass is 28.4. The molecule has 0 amide bonds. The Balaban J connectivity index is 1.47. The number of unbranched alkanes of at least 4 members (excludes halogenated alkanes) is 1. The SMILES string of the molecule is CC(C)(C)[Si](C)(C)OCCCC=C[C@](C)(COC(=O)O)[C@H]1CCC2C3CC=C4CC(O[Si](C)(C)C(C)(C)C)CC[C@]4(C)C3CC[C@@]21C. The standard InChI is InChI=1S/C40H72O5Si2/c1-36(2,3)46(10,11)44-26-16-14-15-23-38(7,28-43-35(41)42)34-20-19-32-31-18-17-29-27-30(45-47(12,13)37(4,5)6)21-24-39(29,8)33(31)22-25-40(32,34)9/h15,17,23,30-34H,14,16,18-22,24-28H2,1-13H3,(H,41,42)/t30?,31?,32?,33?,34-,38-,39+,40+/m1/s1. The quantitative estimate of drug-likeness (QED) is 0.101. The van der Waals surface area contributed by atoms with Crippen LogP contribution in [0.25, 0.3) is 0 Å². The third-order valence-corrected chi connectivity index (χ3v) is 24.0. The molecule has 270 valence electrons. The van der Waals surface area contributed by atoms with Gasteiger partial charge >= 0.3 is 6.16 Å². The monoisotopic (exact) mass is 688 g/mol. The van der Waals surface area contributed by atoms with Gasteiger partial charge in [-0.15, -0.1) is 0 Å². The van der Waals surface area contributed by atoms with Crippen molar-refractivity contribution in [1.82, 2.24) is 0 Å². The first kappa shape index (κ1) is 38.9. The minimum Gasteiger partial charge on any atom is -0.450 e. The van der Waals surface area contributed by atoms with Crippen molar-refractivity contribution in [3.63, 3.8) is 0 Å². The summed E-state index contributed by atoms with van der Waals surface area (Å²) in [6, 6.07) is 0. The molecule has 0 aromatic rings. The van der Waals surface area contributed by atoms with E-state index in [9.17, 15) is 9.90 Å². The second-order valence-electron chi connectivity index (χ2n) is 19.9. The molecule has 0 saturated heterocycles. The molecule has 7 heteroatoms. The summed E-state index contributed by atoms with van der Waals surface area (Å²) in [6.07, 6.45) is 18.1. The van der Waals surface area contributed by atoms with Gasteiger partial charge < -0.3 is 18.7 Å². The van der Waals surface area contributed by atoms with Gasteiger partial charge in [-0.1, -0.05) is 86.1 Å². The molecule has 0 aromatic heterocycles. The Morgan fingerprint density at radius 3 is 2.21 bits per heavy atom. The molecule has 4 aliphatic carbocycles. The van der Waals surface area contributed by atoms with Crippen LogP contribution < -0.4 is 0 Å². The normalized spacial score (nSPS) is 34.7. The van der Waals surface area contributed by atoms with Crippen LogP contribution in [0, 0.1) is 39.9 Å². The summed E-state index contributed by atoms with van der Waals surface area (Å²) < 4.78 is 18.8. The van der Waals surface area contributed by atoms with Gasteiger partial charge in [0.25, 0.3) is 0 Å². The Hall–Kier alpha value is -0.896. The van der Waals surface area contributed by atoms with Gasteiger partial charge in [-0.2, -0.15) is 0 Å². The average Bonchev–Trinajstić information content (AvgIpc) is 3.30. The van der Waals surface area contributed by atoms with E-state index in [1.54, 1.807) is 5.57 Å². The Morgan fingerprint density at radius 1 is 0.936 bits per heavy atom. The molecule has 0 aromatic carbocycles. The number of hydrogen-bond donors (Lipinski definition) is 1. The Kier molecular flexibility index (Phi) is 11.3. The molecular weight excluding hydrogens is 617 g/mol. The van der Waals surface area contributed by atoms with E-state index < -0.39 is 22.8 Å². The van der Waals surface area contributed by atoms with E-state index >= 15 is 0 Å². The first-order valence-electron chi connectivity index (χ1n) is 19.0. The van der Waals surface area contributed by atoms with Crippen molar-refractivity contribution in [2.75, 3.05) is 13.2 Å². The van der Waals surface area contributed by atoms with E-state index in [-0.39, 0.29) is 32.9 Å². The highest BCUT2D eigenvalue weighted by Gasteiger charge is 2.61.